The van der Waals surface area contributed by atoms with Crippen LogP contribution in [0.3, 0.4) is 0 Å². The van der Waals surface area contributed by atoms with E-state index >= 15 is 0 Å². The summed E-state index contributed by atoms with van der Waals surface area (Å²) in [5, 5.41) is 9.52. The number of aromatic amines is 1. The van der Waals surface area contributed by atoms with Crippen molar-refractivity contribution >= 4 is 10.9 Å². The zero-order valence-corrected chi connectivity index (χ0v) is 14.2. The fraction of sp³-hybridized carbons (Fsp3) is 0.200. The van der Waals surface area contributed by atoms with E-state index in [4.69, 9.17) is 0 Å². The lowest BCUT2D eigenvalue weighted by molar-refractivity contribution is 0.578. The van der Waals surface area contributed by atoms with Gasteiger partial charge in [0.15, 0.2) is 0 Å². The molecule has 2 N–H and O–H groups in total. The van der Waals surface area contributed by atoms with Gasteiger partial charge in [0.25, 0.3) is 0 Å². The van der Waals surface area contributed by atoms with Gasteiger partial charge in [0, 0.05) is 37.8 Å². The summed E-state index contributed by atoms with van der Waals surface area (Å²) in [6.07, 6.45) is 4.52. The van der Waals surface area contributed by atoms with Gasteiger partial charge < -0.3 is 10.3 Å². The topological polar surface area (TPSA) is 58.5 Å². The third kappa shape index (κ3) is 3.19. The summed E-state index contributed by atoms with van der Waals surface area (Å²) in [7, 11) is 1.99. The SMILES string of the molecule is Cn1nc(CCN[C@@H](c2ccccc2)c2ncc[nH]2)c2ccccc21. The first-order valence-corrected chi connectivity index (χ1v) is 8.51. The lowest BCUT2D eigenvalue weighted by Gasteiger charge is -2.17. The van der Waals surface area contributed by atoms with Crippen molar-refractivity contribution in [1.29, 1.82) is 0 Å². The van der Waals surface area contributed by atoms with Crippen LogP contribution in [0.5, 0.6) is 0 Å². The number of fused-ring (bicyclic) bond motifs is 1. The molecule has 0 saturated heterocycles. The minimum atomic E-state index is 0.0474. The summed E-state index contributed by atoms with van der Waals surface area (Å²) < 4.78 is 1.95. The number of nitrogens with one attached hydrogen (secondary N) is 2. The molecule has 0 aliphatic rings. The van der Waals surface area contributed by atoms with E-state index in [1.807, 2.05) is 30.1 Å². The third-order valence-electron chi connectivity index (χ3n) is 4.47. The number of hydrogen-bond donors (Lipinski definition) is 2. The highest BCUT2D eigenvalue weighted by atomic mass is 15.3. The van der Waals surface area contributed by atoms with Crippen molar-refractivity contribution in [3.8, 4) is 0 Å². The van der Waals surface area contributed by atoms with E-state index in [2.05, 4.69) is 62.8 Å². The number of H-pyrrole nitrogens is 1. The van der Waals surface area contributed by atoms with Crippen LogP contribution < -0.4 is 5.32 Å². The van der Waals surface area contributed by atoms with E-state index in [0.717, 1.165) is 24.5 Å². The number of aryl methyl sites for hydroxylation is 1. The van der Waals surface area contributed by atoms with Gasteiger partial charge in [-0.25, -0.2) is 4.98 Å². The van der Waals surface area contributed by atoms with Crippen LogP contribution in [-0.2, 0) is 13.5 Å². The molecule has 5 nitrogen and oxygen atoms in total. The Balaban J connectivity index is 1.52. The Kier molecular flexibility index (Phi) is 4.31. The molecule has 0 spiro atoms. The van der Waals surface area contributed by atoms with Gasteiger partial charge >= 0.3 is 0 Å². The molecule has 2 aromatic heterocycles. The van der Waals surface area contributed by atoms with Crippen molar-refractivity contribution in [3.05, 3.63) is 84.1 Å². The molecular weight excluding hydrogens is 310 g/mol. The largest absolute Gasteiger partial charge is 0.347 e. The Morgan fingerprint density at radius 2 is 1.88 bits per heavy atom. The van der Waals surface area contributed by atoms with Crippen LogP contribution in [0, 0.1) is 0 Å². The van der Waals surface area contributed by atoms with Crippen molar-refractivity contribution < 1.29 is 0 Å². The third-order valence-corrected chi connectivity index (χ3v) is 4.47. The van der Waals surface area contributed by atoms with Gasteiger partial charge in [-0.2, -0.15) is 5.10 Å². The van der Waals surface area contributed by atoms with Crippen LogP contribution >= 0.6 is 0 Å². The number of hydrogen-bond acceptors (Lipinski definition) is 3. The van der Waals surface area contributed by atoms with Crippen molar-refractivity contribution in [1.82, 2.24) is 25.1 Å². The van der Waals surface area contributed by atoms with Crippen LogP contribution in [0.4, 0.5) is 0 Å². The molecule has 0 amide bonds. The number of imidazole rings is 1. The lowest BCUT2D eigenvalue weighted by atomic mass is 10.1. The van der Waals surface area contributed by atoms with Crippen molar-refractivity contribution in [2.45, 2.75) is 12.5 Å². The summed E-state index contributed by atoms with van der Waals surface area (Å²) >= 11 is 0. The molecule has 0 fully saturated rings. The molecule has 0 saturated carbocycles. The summed E-state index contributed by atoms with van der Waals surface area (Å²) in [4.78, 5) is 7.66. The average Bonchev–Trinajstić information content (AvgIpc) is 3.29. The summed E-state index contributed by atoms with van der Waals surface area (Å²) in [6.45, 7) is 0.821. The Bertz CT molecular complexity index is 941. The highest BCUT2D eigenvalue weighted by Gasteiger charge is 2.16. The van der Waals surface area contributed by atoms with E-state index in [0.29, 0.717) is 0 Å². The van der Waals surface area contributed by atoms with Gasteiger partial charge in [-0.15, -0.1) is 0 Å². The maximum Gasteiger partial charge on any atom is 0.127 e. The first-order chi connectivity index (χ1) is 12.3. The van der Waals surface area contributed by atoms with E-state index in [1.165, 1.54) is 16.5 Å². The summed E-state index contributed by atoms with van der Waals surface area (Å²) in [5.74, 6) is 0.928. The minimum absolute atomic E-state index is 0.0474. The first-order valence-electron chi connectivity index (χ1n) is 8.51. The molecule has 0 aliphatic heterocycles. The van der Waals surface area contributed by atoms with Crippen LogP contribution in [-0.4, -0.2) is 26.3 Å². The minimum Gasteiger partial charge on any atom is -0.347 e. The Morgan fingerprint density at radius 3 is 2.68 bits per heavy atom. The predicted molar refractivity (Wildman–Crippen MR) is 99.3 cm³/mol. The van der Waals surface area contributed by atoms with Gasteiger partial charge in [0.2, 0.25) is 0 Å². The number of nitrogens with zero attached hydrogens (tertiary/aromatic N) is 3. The zero-order valence-electron chi connectivity index (χ0n) is 14.2. The first kappa shape index (κ1) is 15.6. The highest BCUT2D eigenvalue weighted by Crippen LogP contribution is 2.20. The van der Waals surface area contributed by atoms with Crippen LogP contribution in [0.1, 0.15) is 23.1 Å². The normalized spacial score (nSPS) is 12.5. The van der Waals surface area contributed by atoms with Crippen molar-refractivity contribution in [3.63, 3.8) is 0 Å². The summed E-state index contributed by atoms with van der Waals surface area (Å²) in [5.41, 5.74) is 3.49. The smallest absolute Gasteiger partial charge is 0.127 e. The quantitative estimate of drug-likeness (QED) is 0.570. The van der Waals surface area contributed by atoms with Crippen LogP contribution in [0.15, 0.2) is 67.0 Å². The fourth-order valence-corrected chi connectivity index (χ4v) is 3.26. The monoisotopic (exact) mass is 331 g/mol. The molecule has 4 rings (SSSR count). The van der Waals surface area contributed by atoms with Crippen LogP contribution in [0.2, 0.25) is 0 Å². The zero-order chi connectivity index (χ0) is 17.1. The molecular formula is C20H21N5. The number of para-hydroxylation sites is 1. The number of benzene rings is 2. The molecule has 4 aromatic rings. The molecule has 5 heteroatoms. The van der Waals surface area contributed by atoms with Gasteiger partial charge in [0.1, 0.15) is 5.82 Å². The van der Waals surface area contributed by atoms with Crippen molar-refractivity contribution in [2.75, 3.05) is 6.54 Å². The number of rotatable bonds is 6. The molecule has 25 heavy (non-hydrogen) atoms. The van der Waals surface area contributed by atoms with Gasteiger partial charge in [-0.3, -0.25) is 4.68 Å². The Labute approximate surface area is 146 Å². The predicted octanol–water partition coefficient (Wildman–Crippen LogP) is 3.22. The molecule has 2 heterocycles. The lowest BCUT2D eigenvalue weighted by Crippen LogP contribution is -2.25. The van der Waals surface area contributed by atoms with Gasteiger partial charge in [-0.1, -0.05) is 48.5 Å². The molecule has 1 atom stereocenters. The van der Waals surface area contributed by atoms with Crippen molar-refractivity contribution in [2.24, 2.45) is 7.05 Å². The molecule has 0 aliphatic carbocycles. The summed E-state index contributed by atoms with van der Waals surface area (Å²) in [6, 6.07) is 18.8. The van der Waals surface area contributed by atoms with E-state index in [-0.39, 0.29) is 6.04 Å². The Morgan fingerprint density at radius 1 is 1.08 bits per heavy atom. The molecule has 0 radical (unpaired) electrons. The second-order valence-corrected chi connectivity index (χ2v) is 6.11. The fourth-order valence-electron chi connectivity index (χ4n) is 3.26. The molecule has 2 aromatic carbocycles. The second-order valence-electron chi connectivity index (χ2n) is 6.11. The average molecular weight is 331 g/mol. The number of aromatic nitrogens is 4. The van der Waals surface area contributed by atoms with E-state index < -0.39 is 0 Å². The van der Waals surface area contributed by atoms with Gasteiger partial charge in [-0.05, 0) is 11.6 Å². The van der Waals surface area contributed by atoms with Gasteiger partial charge in [0.05, 0.1) is 17.3 Å². The second kappa shape index (κ2) is 6.91. The van der Waals surface area contributed by atoms with E-state index in [1.54, 1.807) is 6.20 Å². The maximum atomic E-state index is 4.68. The molecule has 0 unspecified atom stereocenters. The molecule has 0 bridgehead atoms. The highest BCUT2D eigenvalue weighted by molar-refractivity contribution is 5.81. The van der Waals surface area contributed by atoms with E-state index in [9.17, 15) is 0 Å². The molecule has 126 valence electrons. The van der Waals surface area contributed by atoms with Crippen LogP contribution in [0.25, 0.3) is 10.9 Å². The maximum absolute atomic E-state index is 4.68. The Hall–Kier alpha value is -2.92. The standard InChI is InChI=1S/C20H21N5/c1-25-18-10-6-5-9-16(18)17(24-25)11-12-21-19(20-22-13-14-23-20)15-7-3-2-4-8-15/h2-10,13-14,19,21H,11-12H2,1H3,(H,22,23)/t19-/m0/s1.